The quantitative estimate of drug-likeness (QED) is 0.316. The lowest BCUT2D eigenvalue weighted by Gasteiger charge is -2.29. The van der Waals surface area contributed by atoms with Crippen molar-refractivity contribution in [1.82, 2.24) is 30.7 Å². The van der Waals surface area contributed by atoms with E-state index in [0.717, 1.165) is 38.5 Å². The molecule has 3 N–H and O–H groups in total. The fourth-order valence-corrected chi connectivity index (χ4v) is 7.41. The summed E-state index contributed by atoms with van der Waals surface area (Å²) in [5.41, 5.74) is -0.308. The number of nitrogens with zero attached hydrogens (tertiary/aromatic N) is 4. The van der Waals surface area contributed by atoms with Crippen molar-refractivity contribution in [1.29, 1.82) is 0 Å². The molecule has 47 heavy (non-hydrogen) atoms. The molecule has 0 unspecified atom stereocenters. The van der Waals surface area contributed by atoms with Crippen LogP contribution < -0.4 is 15.4 Å². The highest BCUT2D eigenvalue weighted by atomic mass is 32.1. The number of hydrogen-bond acceptors (Lipinski definition) is 10. The number of aromatic nitrogens is 3. The Morgan fingerprint density at radius 1 is 1.21 bits per heavy atom. The van der Waals surface area contributed by atoms with Gasteiger partial charge in [-0.25, -0.2) is 9.78 Å². The summed E-state index contributed by atoms with van der Waals surface area (Å²) in [5.74, 6) is -0.938. The second-order valence-electron chi connectivity index (χ2n) is 13.2. The zero-order valence-electron chi connectivity index (χ0n) is 26.1. The average Bonchev–Trinajstić information content (AvgIpc) is 3.76. The molecule has 2 aliphatic heterocycles. The monoisotopic (exact) mass is 662 g/mol. The van der Waals surface area contributed by atoms with E-state index < -0.39 is 35.6 Å². The van der Waals surface area contributed by atoms with Gasteiger partial charge >= 0.3 is 5.97 Å². The van der Waals surface area contributed by atoms with Gasteiger partial charge in [0.25, 0.3) is 0 Å². The molecular formula is C33H38N6O7S. The summed E-state index contributed by atoms with van der Waals surface area (Å²) in [6, 6.07) is 1.77. The van der Waals surface area contributed by atoms with E-state index in [2.05, 4.69) is 25.8 Å². The number of hydrogen-bond donors (Lipinski definition) is 3. The molecule has 13 nitrogen and oxygen atoms in total. The molecule has 5 heterocycles. The third-order valence-electron chi connectivity index (χ3n) is 9.54. The summed E-state index contributed by atoms with van der Waals surface area (Å²) in [5, 5.41) is 21.8. The van der Waals surface area contributed by atoms with E-state index in [9.17, 15) is 24.3 Å². The summed E-state index contributed by atoms with van der Waals surface area (Å²) in [4.78, 5) is 64.2. The highest BCUT2D eigenvalue weighted by Crippen LogP contribution is 2.45. The lowest BCUT2D eigenvalue weighted by Crippen LogP contribution is -2.56. The summed E-state index contributed by atoms with van der Waals surface area (Å²) < 4.78 is 12.4. The van der Waals surface area contributed by atoms with Gasteiger partial charge in [0.2, 0.25) is 23.6 Å². The van der Waals surface area contributed by atoms with Crippen LogP contribution in [0.2, 0.25) is 0 Å². The second kappa shape index (κ2) is 12.7. The lowest BCUT2D eigenvalue weighted by molar-refractivity contribution is -0.146. The number of amides is 3. The number of allylic oxidation sites excluding steroid dienone is 1. The van der Waals surface area contributed by atoms with Crippen LogP contribution in [0.5, 0.6) is 5.88 Å². The third kappa shape index (κ3) is 6.60. The first kappa shape index (κ1) is 31.3. The first-order valence-corrected chi connectivity index (χ1v) is 17.3. The third-order valence-corrected chi connectivity index (χ3v) is 10.4. The Bertz CT molecular complexity index is 1730. The maximum absolute atomic E-state index is 14.3. The molecule has 0 aromatic carbocycles. The molecule has 3 amide bonds. The van der Waals surface area contributed by atoms with Crippen molar-refractivity contribution in [3.05, 3.63) is 35.4 Å². The smallest absolute Gasteiger partial charge is 0.330 e. The van der Waals surface area contributed by atoms with E-state index in [1.165, 1.54) is 16.2 Å². The molecule has 3 fully saturated rings. The van der Waals surface area contributed by atoms with E-state index in [1.54, 1.807) is 13.0 Å². The fraction of sp³-hybridized carbons (Fsp3) is 0.545. The minimum absolute atomic E-state index is 0.0601. The number of aliphatic carboxylic acids is 1. The van der Waals surface area contributed by atoms with Gasteiger partial charge in [-0.2, -0.15) is 4.98 Å². The van der Waals surface area contributed by atoms with E-state index in [-0.39, 0.29) is 37.1 Å². The van der Waals surface area contributed by atoms with Crippen LogP contribution in [-0.2, 0) is 19.2 Å². The first-order valence-electron chi connectivity index (χ1n) is 16.4. The van der Waals surface area contributed by atoms with Crippen LogP contribution in [0, 0.1) is 18.8 Å². The van der Waals surface area contributed by atoms with Crippen LogP contribution in [0.3, 0.4) is 0 Å². The van der Waals surface area contributed by atoms with Crippen LogP contribution in [0.4, 0.5) is 0 Å². The van der Waals surface area contributed by atoms with Gasteiger partial charge in [0.05, 0.1) is 12.1 Å². The maximum atomic E-state index is 14.3. The molecule has 0 bridgehead atoms. The van der Waals surface area contributed by atoms with Gasteiger partial charge in [-0.3, -0.25) is 14.4 Å². The van der Waals surface area contributed by atoms with Gasteiger partial charge in [0.1, 0.15) is 34.2 Å². The first-order chi connectivity index (χ1) is 22.7. The normalized spacial score (nSPS) is 28.8. The standard InChI is InChI=1S/C33H38N6O7S/c1-18-13-24(38-46-18)28-35-22-11-12-47-27(22)30(36-28)45-21-15-25-29(41)37-33(32(43)44)16-20(33)7-5-3-2-4-6-8-23(31(42)39(25)17-21)34-26(40)14-19-9-10-19/h5,7,11-13,19-21,23,25H,2-4,6,8-10,14-17H2,1H3,(H,34,40)(H,37,41)(H,43,44)/b7-5-/t20-,21+,23-,25-,33+/m0/s1. The topological polar surface area (TPSA) is 177 Å². The Hall–Kier alpha value is -4.33. The number of carbonyl (C=O) groups excluding carboxylic acids is 3. The molecule has 3 aromatic heterocycles. The lowest BCUT2D eigenvalue weighted by atomic mass is 10.0. The van der Waals surface area contributed by atoms with Crippen molar-refractivity contribution in [3.63, 3.8) is 0 Å². The summed E-state index contributed by atoms with van der Waals surface area (Å²) >= 11 is 1.41. The van der Waals surface area contributed by atoms with Gasteiger partial charge in [-0.15, -0.1) is 11.3 Å². The number of fused-ring (bicyclic) bond motifs is 3. The molecule has 3 aromatic rings. The Balaban J connectivity index is 1.18. The van der Waals surface area contributed by atoms with Crippen LogP contribution in [0.1, 0.15) is 70.0 Å². The van der Waals surface area contributed by atoms with Gasteiger partial charge in [0, 0.05) is 24.8 Å². The molecule has 1 saturated heterocycles. The zero-order valence-corrected chi connectivity index (χ0v) is 27.0. The molecule has 248 valence electrons. The number of carboxylic acid groups (broad SMARTS) is 1. The van der Waals surface area contributed by atoms with Crippen LogP contribution in [0.25, 0.3) is 21.7 Å². The van der Waals surface area contributed by atoms with Gasteiger partial charge in [-0.05, 0) is 62.8 Å². The van der Waals surface area contributed by atoms with E-state index in [0.29, 0.717) is 52.1 Å². The molecule has 14 heteroatoms. The maximum Gasteiger partial charge on any atom is 0.330 e. The predicted molar refractivity (Wildman–Crippen MR) is 170 cm³/mol. The van der Waals surface area contributed by atoms with E-state index in [1.807, 2.05) is 23.6 Å². The Kier molecular flexibility index (Phi) is 8.45. The number of ether oxygens (including phenoxy) is 1. The number of carbonyl (C=O) groups is 4. The van der Waals surface area contributed by atoms with Crippen molar-refractivity contribution in [3.8, 4) is 17.4 Å². The van der Waals surface area contributed by atoms with Crippen molar-refractivity contribution >= 4 is 45.2 Å². The predicted octanol–water partition coefficient (Wildman–Crippen LogP) is 3.77. The van der Waals surface area contributed by atoms with Crippen molar-refractivity contribution in [2.24, 2.45) is 11.8 Å². The molecule has 2 aliphatic carbocycles. The van der Waals surface area contributed by atoms with Crippen molar-refractivity contribution in [2.75, 3.05) is 6.54 Å². The van der Waals surface area contributed by atoms with Crippen LogP contribution >= 0.6 is 11.3 Å². The van der Waals surface area contributed by atoms with Gasteiger partial charge < -0.3 is 29.9 Å². The van der Waals surface area contributed by atoms with Crippen molar-refractivity contribution in [2.45, 2.75) is 94.9 Å². The molecule has 5 atom stereocenters. The zero-order chi connectivity index (χ0) is 32.7. The fourth-order valence-electron chi connectivity index (χ4n) is 6.65. The molecular weight excluding hydrogens is 624 g/mol. The summed E-state index contributed by atoms with van der Waals surface area (Å²) in [6.07, 6.45) is 9.70. The number of nitrogens with one attached hydrogen (secondary N) is 2. The number of rotatable bonds is 7. The van der Waals surface area contributed by atoms with Crippen LogP contribution in [0.15, 0.2) is 34.2 Å². The molecule has 2 saturated carbocycles. The Morgan fingerprint density at radius 3 is 2.83 bits per heavy atom. The largest absolute Gasteiger partial charge is 0.479 e. The summed E-state index contributed by atoms with van der Waals surface area (Å²) in [6.45, 7) is 1.83. The number of aryl methyl sites for hydroxylation is 1. The van der Waals surface area contributed by atoms with Gasteiger partial charge in [0.15, 0.2) is 11.5 Å². The SMILES string of the molecule is Cc1cc(-c2nc(O[C@@H]3C[C@H]4C(=O)N[C@]5(C(=O)O)C[C@@H]5/C=C\CCCCC[C@H](NC(=O)CC5CC5)C(=O)N4C3)c3sccc3n2)no1. The molecule has 4 aliphatic rings. The number of thiophene rings is 1. The molecule has 7 rings (SSSR count). The van der Waals surface area contributed by atoms with E-state index >= 15 is 0 Å². The minimum atomic E-state index is -1.42. The van der Waals surface area contributed by atoms with Crippen LogP contribution in [-0.4, -0.2) is 79.1 Å². The summed E-state index contributed by atoms with van der Waals surface area (Å²) in [7, 11) is 0. The number of carboxylic acids is 1. The Morgan fingerprint density at radius 2 is 2.06 bits per heavy atom. The highest BCUT2D eigenvalue weighted by Gasteiger charge is 2.61. The molecule has 0 radical (unpaired) electrons. The molecule has 0 spiro atoms. The Labute approximate surface area is 275 Å². The second-order valence-corrected chi connectivity index (χ2v) is 14.1. The average molecular weight is 663 g/mol. The minimum Gasteiger partial charge on any atom is -0.479 e. The van der Waals surface area contributed by atoms with E-state index in [4.69, 9.17) is 9.26 Å². The highest BCUT2D eigenvalue weighted by molar-refractivity contribution is 7.17. The van der Waals surface area contributed by atoms with Crippen molar-refractivity contribution < 1.29 is 33.5 Å². The van der Waals surface area contributed by atoms with Gasteiger partial charge in [-0.1, -0.05) is 30.2 Å².